The molecule has 0 spiro atoms. The zero-order valence-electron chi connectivity index (χ0n) is 13.4. The van der Waals surface area contributed by atoms with Crippen molar-refractivity contribution < 1.29 is 9.53 Å². The van der Waals surface area contributed by atoms with Crippen molar-refractivity contribution in [2.24, 2.45) is 5.92 Å². The summed E-state index contributed by atoms with van der Waals surface area (Å²) in [6.45, 7) is 2.27. The van der Waals surface area contributed by atoms with Crippen LogP contribution in [0.5, 0.6) is 0 Å². The van der Waals surface area contributed by atoms with E-state index >= 15 is 0 Å². The molecule has 5 heteroatoms. The number of benzene rings is 2. The molecule has 24 heavy (non-hydrogen) atoms. The summed E-state index contributed by atoms with van der Waals surface area (Å²) in [5.41, 5.74) is 2.26. The van der Waals surface area contributed by atoms with Crippen molar-refractivity contribution >= 4 is 29.2 Å². The summed E-state index contributed by atoms with van der Waals surface area (Å²) < 4.78 is 5.01. The molecule has 0 N–H and O–H groups in total. The van der Waals surface area contributed by atoms with Gasteiger partial charge in [-0.3, -0.25) is 9.69 Å². The van der Waals surface area contributed by atoms with Crippen molar-refractivity contribution in [3.05, 3.63) is 69.7 Å². The second-order valence-corrected chi connectivity index (χ2v) is 6.90. The molecule has 3 nitrogen and oxygen atoms in total. The lowest BCUT2D eigenvalue weighted by Crippen LogP contribution is -2.24. The van der Waals surface area contributed by atoms with Crippen LogP contribution < -0.4 is 0 Å². The molecule has 1 fully saturated rings. The van der Waals surface area contributed by atoms with Gasteiger partial charge in [0.2, 0.25) is 0 Å². The zero-order chi connectivity index (χ0) is 17.1. The lowest BCUT2D eigenvalue weighted by molar-refractivity contribution is -0.145. The third-order valence-corrected chi connectivity index (χ3v) is 5.26. The van der Waals surface area contributed by atoms with E-state index < -0.39 is 0 Å². The van der Waals surface area contributed by atoms with Crippen LogP contribution in [0.2, 0.25) is 10.0 Å². The predicted octanol–water partition coefficient (Wildman–Crippen LogP) is 4.38. The Balaban J connectivity index is 1.82. The first-order chi connectivity index (χ1) is 11.6. The van der Waals surface area contributed by atoms with E-state index in [0.29, 0.717) is 16.6 Å². The number of hydrogen-bond donors (Lipinski definition) is 0. The van der Waals surface area contributed by atoms with Crippen molar-refractivity contribution in [2.45, 2.75) is 12.5 Å². The molecule has 2 aromatic rings. The fourth-order valence-electron chi connectivity index (χ4n) is 3.33. The van der Waals surface area contributed by atoms with E-state index in [1.54, 1.807) is 6.07 Å². The molecule has 1 heterocycles. The summed E-state index contributed by atoms with van der Waals surface area (Å²) >= 11 is 12.2. The minimum atomic E-state index is -0.198. The summed E-state index contributed by atoms with van der Waals surface area (Å²) in [7, 11) is 1.44. The highest BCUT2D eigenvalue weighted by Gasteiger charge is 2.39. The number of hydrogen-bond acceptors (Lipinski definition) is 3. The lowest BCUT2D eigenvalue weighted by Gasteiger charge is -2.17. The Morgan fingerprint density at radius 2 is 1.88 bits per heavy atom. The van der Waals surface area contributed by atoms with E-state index in [1.807, 2.05) is 30.3 Å². The normalized spacial score (nSPS) is 21.0. The van der Waals surface area contributed by atoms with Gasteiger partial charge >= 0.3 is 5.97 Å². The highest BCUT2D eigenvalue weighted by atomic mass is 35.5. The molecule has 1 aliphatic rings. The quantitative estimate of drug-likeness (QED) is 0.754. The monoisotopic (exact) mass is 363 g/mol. The number of halogens is 2. The van der Waals surface area contributed by atoms with E-state index in [4.69, 9.17) is 27.9 Å². The molecule has 0 aromatic heterocycles. The summed E-state index contributed by atoms with van der Waals surface area (Å²) in [6, 6.07) is 15.8. The topological polar surface area (TPSA) is 29.5 Å². The summed E-state index contributed by atoms with van der Waals surface area (Å²) in [6.07, 6.45) is 0. The van der Waals surface area contributed by atoms with Crippen LogP contribution in [0.1, 0.15) is 17.0 Å². The second kappa shape index (κ2) is 7.56. The van der Waals surface area contributed by atoms with Gasteiger partial charge in [0.1, 0.15) is 0 Å². The molecule has 3 rings (SSSR count). The molecule has 0 radical (unpaired) electrons. The van der Waals surface area contributed by atoms with Crippen molar-refractivity contribution in [1.29, 1.82) is 0 Å². The van der Waals surface area contributed by atoms with Gasteiger partial charge in [-0.25, -0.2) is 0 Å². The van der Waals surface area contributed by atoms with Crippen molar-refractivity contribution in [2.75, 3.05) is 20.2 Å². The van der Waals surface area contributed by atoms with E-state index in [1.165, 1.54) is 12.7 Å². The third-order valence-electron chi connectivity index (χ3n) is 4.52. The molecule has 1 saturated heterocycles. The number of methoxy groups -OCH3 is 1. The Morgan fingerprint density at radius 3 is 2.54 bits per heavy atom. The van der Waals surface area contributed by atoms with E-state index in [2.05, 4.69) is 17.0 Å². The highest BCUT2D eigenvalue weighted by molar-refractivity contribution is 6.42. The van der Waals surface area contributed by atoms with Gasteiger partial charge in [-0.1, -0.05) is 59.6 Å². The Hall–Kier alpha value is -1.55. The standard InChI is InChI=1S/C19H19Cl2NO2/c1-24-19(23)16-12-22(10-13-5-3-2-4-6-13)11-15(16)14-7-8-17(20)18(21)9-14/h2-9,15-16H,10-12H2,1H3/t15-,16-/m0/s1. The number of likely N-dealkylation sites (tertiary alicyclic amines) is 1. The maximum absolute atomic E-state index is 12.2. The van der Waals surface area contributed by atoms with Gasteiger partial charge in [-0.05, 0) is 23.3 Å². The van der Waals surface area contributed by atoms with Gasteiger partial charge in [0, 0.05) is 25.6 Å². The van der Waals surface area contributed by atoms with Crippen molar-refractivity contribution in [1.82, 2.24) is 4.90 Å². The zero-order valence-corrected chi connectivity index (χ0v) is 14.9. The van der Waals surface area contributed by atoms with Gasteiger partial charge < -0.3 is 4.74 Å². The van der Waals surface area contributed by atoms with Gasteiger partial charge in [-0.15, -0.1) is 0 Å². The molecule has 0 amide bonds. The number of nitrogens with zero attached hydrogens (tertiary/aromatic N) is 1. The third kappa shape index (κ3) is 3.75. The van der Waals surface area contributed by atoms with Crippen LogP contribution in [-0.2, 0) is 16.1 Å². The number of esters is 1. The minimum Gasteiger partial charge on any atom is -0.469 e. The first kappa shape index (κ1) is 17.3. The maximum atomic E-state index is 12.2. The first-order valence-electron chi connectivity index (χ1n) is 7.87. The fourth-order valence-corrected chi connectivity index (χ4v) is 3.63. The summed E-state index contributed by atoms with van der Waals surface area (Å²) in [5.74, 6) is -0.325. The molecular weight excluding hydrogens is 345 g/mol. The van der Waals surface area contributed by atoms with Gasteiger partial charge in [-0.2, -0.15) is 0 Å². The summed E-state index contributed by atoms with van der Waals surface area (Å²) in [5, 5.41) is 1.04. The SMILES string of the molecule is COC(=O)[C@H]1CN(Cc2ccccc2)C[C@H]1c1ccc(Cl)c(Cl)c1. The van der Waals surface area contributed by atoms with Crippen molar-refractivity contribution in [3.63, 3.8) is 0 Å². The first-order valence-corrected chi connectivity index (χ1v) is 8.63. The number of rotatable bonds is 4. The smallest absolute Gasteiger partial charge is 0.310 e. The largest absolute Gasteiger partial charge is 0.469 e. The highest BCUT2D eigenvalue weighted by Crippen LogP contribution is 2.36. The van der Waals surface area contributed by atoms with Crippen LogP contribution in [0, 0.1) is 5.92 Å². The van der Waals surface area contributed by atoms with E-state index in [-0.39, 0.29) is 17.8 Å². The van der Waals surface area contributed by atoms with Crippen LogP contribution in [0.25, 0.3) is 0 Å². The molecule has 0 bridgehead atoms. The lowest BCUT2D eigenvalue weighted by atomic mass is 9.89. The Labute approximate surface area is 152 Å². The average molecular weight is 364 g/mol. The minimum absolute atomic E-state index is 0.0518. The van der Waals surface area contributed by atoms with Gasteiger partial charge in [0.15, 0.2) is 0 Å². The molecule has 1 aliphatic heterocycles. The Bertz CT molecular complexity index is 721. The molecule has 2 aromatic carbocycles. The van der Waals surface area contributed by atoms with E-state index in [9.17, 15) is 4.79 Å². The van der Waals surface area contributed by atoms with Crippen LogP contribution >= 0.6 is 23.2 Å². The summed E-state index contributed by atoms with van der Waals surface area (Å²) in [4.78, 5) is 14.5. The Morgan fingerprint density at radius 1 is 1.12 bits per heavy atom. The number of carbonyl (C=O) groups is 1. The average Bonchev–Trinajstić information content (AvgIpc) is 3.01. The van der Waals surface area contributed by atoms with E-state index in [0.717, 1.165) is 18.7 Å². The van der Waals surface area contributed by atoms with Crippen LogP contribution in [0.4, 0.5) is 0 Å². The molecule has 0 unspecified atom stereocenters. The maximum Gasteiger partial charge on any atom is 0.310 e. The fraction of sp³-hybridized carbons (Fsp3) is 0.316. The van der Waals surface area contributed by atoms with Crippen molar-refractivity contribution in [3.8, 4) is 0 Å². The van der Waals surface area contributed by atoms with Gasteiger partial charge in [0.05, 0.1) is 23.1 Å². The molecule has 126 valence electrons. The van der Waals surface area contributed by atoms with Crippen LogP contribution in [0.15, 0.2) is 48.5 Å². The molecular formula is C19H19Cl2NO2. The van der Waals surface area contributed by atoms with Crippen LogP contribution in [0.3, 0.4) is 0 Å². The van der Waals surface area contributed by atoms with Gasteiger partial charge in [0.25, 0.3) is 0 Å². The molecule has 0 aliphatic carbocycles. The van der Waals surface area contributed by atoms with Crippen LogP contribution in [-0.4, -0.2) is 31.1 Å². The number of carbonyl (C=O) groups excluding carboxylic acids is 1. The molecule has 2 atom stereocenters. The number of ether oxygens (including phenoxy) is 1. The second-order valence-electron chi connectivity index (χ2n) is 6.09. The predicted molar refractivity (Wildman–Crippen MR) is 96.4 cm³/mol. The molecule has 0 saturated carbocycles. The Kier molecular flexibility index (Phi) is 5.44.